The van der Waals surface area contributed by atoms with Crippen LogP contribution in [0.3, 0.4) is 0 Å². The summed E-state index contributed by atoms with van der Waals surface area (Å²) in [7, 11) is -3.41. The molecule has 148 valence electrons. The smallest absolute Gasteiger partial charge is 0.200 e. The molecule has 0 radical (unpaired) electrons. The minimum atomic E-state index is -3.41. The van der Waals surface area contributed by atoms with Crippen molar-refractivity contribution >= 4 is 26.9 Å². The molecule has 1 fully saturated rings. The predicted molar refractivity (Wildman–Crippen MR) is 112 cm³/mol. The summed E-state index contributed by atoms with van der Waals surface area (Å²) in [6, 6.07) is 7.73. The van der Waals surface area contributed by atoms with Crippen LogP contribution < -0.4 is 5.32 Å². The molecular weight excluding hydrogens is 378 g/mol. The lowest BCUT2D eigenvalue weighted by atomic mass is 9.98. The summed E-state index contributed by atoms with van der Waals surface area (Å²) in [6.07, 6.45) is 4.07. The van der Waals surface area contributed by atoms with Gasteiger partial charge in [0.2, 0.25) is 0 Å². The van der Waals surface area contributed by atoms with Crippen molar-refractivity contribution in [1.29, 1.82) is 0 Å². The van der Waals surface area contributed by atoms with Crippen LogP contribution in [0.1, 0.15) is 38.5 Å². The Balaban J connectivity index is 1.54. The monoisotopic (exact) mass is 407 g/mol. The number of aromatic nitrogens is 1. The van der Waals surface area contributed by atoms with E-state index in [4.69, 9.17) is 0 Å². The van der Waals surface area contributed by atoms with E-state index in [1.165, 1.54) is 17.7 Å². The van der Waals surface area contributed by atoms with Gasteiger partial charge in [-0.2, -0.15) is 0 Å². The molecule has 1 aliphatic heterocycles. The summed E-state index contributed by atoms with van der Waals surface area (Å²) in [5, 5.41) is 5.70. The molecule has 0 aliphatic carbocycles. The molecule has 0 saturated carbocycles. The van der Waals surface area contributed by atoms with Gasteiger partial charge in [-0.3, -0.25) is 4.90 Å². The van der Waals surface area contributed by atoms with Crippen molar-refractivity contribution in [1.82, 2.24) is 9.88 Å². The zero-order valence-electron chi connectivity index (χ0n) is 16.3. The first-order valence-electron chi connectivity index (χ1n) is 9.45. The molecule has 2 aromatic rings. The van der Waals surface area contributed by atoms with Crippen molar-refractivity contribution in [2.75, 3.05) is 25.0 Å². The van der Waals surface area contributed by atoms with Gasteiger partial charge in [0.25, 0.3) is 0 Å². The Bertz CT molecular complexity index is 825. The van der Waals surface area contributed by atoms with E-state index in [2.05, 4.69) is 32.7 Å². The van der Waals surface area contributed by atoms with E-state index in [1.54, 1.807) is 33.0 Å². The highest BCUT2D eigenvalue weighted by Gasteiger charge is 2.32. The van der Waals surface area contributed by atoms with Crippen molar-refractivity contribution in [3.8, 4) is 0 Å². The highest BCUT2D eigenvalue weighted by atomic mass is 32.2. The van der Waals surface area contributed by atoms with Crippen LogP contribution in [-0.2, 0) is 16.4 Å². The Morgan fingerprint density at radius 3 is 2.74 bits per heavy atom. The number of sulfone groups is 1. The summed E-state index contributed by atoms with van der Waals surface area (Å²) in [6.45, 7) is 9.26. The molecule has 3 rings (SSSR count). The minimum Gasteiger partial charge on any atom is -0.383 e. The second-order valence-electron chi connectivity index (χ2n) is 8.20. The second-order valence-corrected chi connectivity index (χ2v) is 11.9. The standard InChI is InChI=1S/C20H29N3O2S2/c1-20(2,3)27(24,25)19-9-8-17(13-22-19)21-12-16-6-4-10-23(14-16)15-18-7-5-11-26-18/h5,7-9,11,13,16,21H,4,6,10,12,14-15H2,1-3H3. The number of hydrogen-bond donors (Lipinski definition) is 1. The minimum absolute atomic E-state index is 0.139. The predicted octanol–water partition coefficient (Wildman–Crippen LogP) is 4.04. The number of likely N-dealkylation sites (tertiary alicyclic amines) is 1. The summed E-state index contributed by atoms with van der Waals surface area (Å²) < 4.78 is 24.1. The van der Waals surface area contributed by atoms with E-state index in [1.807, 2.05) is 17.4 Å². The van der Waals surface area contributed by atoms with E-state index >= 15 is 0 Å². The van der Waals surface area contributed by atoms with Crippen molar-refractivity contribution in [3.05, 3.63) is 40.7 Å². The van der Waals surface area contributed by atoms with Crippen LogP contribution in [0.25, 0.3) is 0 Å². The molecule has 2 aromatic heterocycles. The zero-order chi connectivity index (χ0) is 19.5. The lowest BCUT2D eigenvalue weighted by Gasteiger charge is -2.32. The number of rotatable bonds is 6. The van der Waals surface area contributed by atoms with Crippen LogP contribution in [0, 0.1) is 5.92 Å². The average Bonchev–Trinajstić information content (AvgIpc) is 3.13. The summed E-state index contributed by atoms with van der Waals surface area (Å²) >= 11 is 1.82. The molecule has 3 heterocycles. The van der Waals surface area contributed by atoms with Crippen molar-refractivity contribution in [3.63, 3.8) is 0 Å². The number of anilines is 1. The van der Waals surface area contributed by atoms with Crippen LogP contribution >= 0.6 is 11.3 Å². The van der Waals surface area contributed by atoms with Gasteiger partial charge in [0.1, 0.15) is 0 Å². The molecule has 1 unspecified atom stereocenters. The third kappa shape index (κ3) is 5.09. The Hall–Kier alpha value is -1.44. The number of pyridine rings is 1. The number of thiophene rings is 1. The van der Waals surface area contributed by atoms with Gasteiger partial charge in [-0.25, -0.2) is 13.4 Å². The average molecular weight is 408 g/mol. The number of nitrogens with zero attached hydrogens (tertiary/aromatic N) is 2. The molecule has 0 spiro atoms. The van der Waals surface area contributed by atoms with Gasteiger partial charge in [-0.1, -0.05) is 6.07 Å². The third-order valence-corrected chi connectivity index (χ3v) is 8.24. The molecule has 1 aliphatic rings. The fourth-order valence-corrected chi connectivity index (χ4v) is 5.12. The van der Waals surface area contributed by atoms with E-state index < -0.39 is 14.6 Å². The number of hydrogen-bond acceptors (Lipinski definition) is 6. The van der Waals surface area contributed by atoms with Crippen molar-refractivity contribution in [2.24, 2.45) is 5.92 Å². The third-order valence-electron chi connectivity index (χ3n) is 4.98. The normalized spacial score (nSPS) is 19.1. The molecule has 1 N–H and O–H groups in total. The van der Waals surface area contributed by atoms with Crippen LogP contribution in [0.4, 0.5) is 5.69 Å². The lowest BCUT2D eigenvalue weighted by molar-refractivity contribution is 0.174. The molecule has 7 heteroatoms. The van der Waals surface area contributed by atoms with E-state index in [9.17, 15) is 8.42 Å². The van der Waals surface area contributed by atoms with Crippen LogP contribution in [0.15, 0.2) is 40.9 Å². The fraction of sp³-hybridized carbons (Fsp3) is 0.550. The van der Waals surface area contributed by atoms with E-state index in [-0.39, 0.29) is 5.03 Å². The van der Waals surface area contributed by atoms with Gasteiger partial charge in [-0.15, -0.1) is 11.3 Å². The maximum absolute atomic E-state index is 12.4. The van der Waals surface area contributed by atoms with Gasteiger partial charge in [0, 0.05) is 24.5 Å². The largest absolute Gasteiger partial charge is 0.383 e. The highest BCUT2D eigenvalue weighted by molar-refractivity contribution is 7.92. The Morgan fingerprint density at radius 2 is 2.11 bits per heavy atom. The highest BCUT2D eigenvalue weighted by Crippen LogP contribution is 2.24. The fourth-order valence-electron chi connectivity index (χ4n) is 3.30. The first kappa shape index (κ1) is 20.3. The quantitative estimate of drug-likeness (QED) is 0.783. The topological polar surface area (TPSA) is 62.3 Å². The number of nitrogens with one attached hydrogen (secondary N) is 1. The molecule has 0 bridgehead atoms. The first-order chi connectivity index (χ1) is 12.8. The van der Waals surface area contributed by atoms with Crippen LogP contribution in [-0.4, -0.2) is 42.7 Å². The van der Waals surface area contributed by atoms with E-state index in [0.717, 1.165) is 31.9 Å². The number of piperidine rings is 1. The summed E-state index contributed by atoms with van der Waals surface area (Å²) in [5.41, 5.74) is 0.873. The Kier molecular flexibility index (Phi) is 6.23. The Labute approximate surface area is 166 Å². The van der Waals surface area contributed by atoms with Crippen molar-refractivity contribution in [2.45, 2.75) is 49.9 Å². The first-order valence-corrected chi connectivity index (χ1v) is 11.8. The van der Waals surface area contributed by atoms with Crippen LogP contribution in [0.2, 0.25) is 0 Å². The molecule has 0 amide bonds. The van der Waals surface area contributed by atoms with Crippen LogP contribution in [0.5, 0.6) is 0 Å². The molecule has 27 heavy (non-hydrogen) atoms. The molecular formula is C20H29N3O2S2. The van der Waals surface area contributed by atoms with Gasteiger partial charge in [-0.05, 0) is 69.7 Å². The molecule has 5 nitrogen and oxygen atoms in total. The lowest BCUT2D eigenvalue weighted by Crippen LogP contribution is -2.37. The van der Waals surface area contributed by atoms with Gasteiger partial charge in [0.05, 0.1) is 16.6 Å². The molecule has 0 aromatic carbocycles. The van der Waals surface area contributed by atoms with Gasteiger partial charge < -0.3 is 5.32 Å². The van der Waals surface area contributed by atoms with Crippen molar-refractivity contribution < 1.29 is 8.42 Å². The maximum atomic E-state index is 12.4. The molecule has 1 atom stereocenters. The SMILES string of the molecule is CC(C)(C)S(=O)(=O)c1ccc(NCC2CCCN(Cc3cccs3)C2)cn1. The van der Waals surface area contributed by atoms with E-state index in [0.29, 0.717) is 5.92 Å². The maximum Gasteiger partial charge on any atom is 0.200 e. The zero-order valence-corrected chi connectivity index (χ0v) is 17.9. The summed E-state index contributed by atoms with van der Waals surface area (Å²) in [5.74, 6) is 0.594. The van der Waals surface area contributed by atoms with Gasteiger partial charge >= 0.3 is 0 Å². The summed E-state index contributed by atoms with van der Waals surface area (Å²) in [4.78, 5) is 8.13. The Morgan fingerprint density at radius 1 is 1.30 bits per heavy atom. The second kappa shape index (κ2) is 8.29. The molecule has 1 saturated heterocycles. The van der Waals surface area contributed by atoms with Gasteiger partial charge in [0.15, 0.2) is 14.9 Å².